The predicted octanol–water partition coefficient (Wildman–Crippen LogP) is 3.13. The Kier molecular flexibility index (Phi) is 4.02. The Bertz CT molecular complexity index is 613. The normalized spacial score (nSPS) is 10.2. The van der Waals surface area contributed by atoms with Crippen LogP contribution in [0.15, 0.2) is 36.4 Å². The molecule has 4 nitrogen and oxygen atoms in total. The number of benzene rings is 1. The van der Waals surface area contributed by atoms with Crippen molar-refractivity contribution >= 4 is 29.0 Å². The van der Waals surface area contributed by atoms with Crippen molar-refractivity contribution in [3.8, 4) is 0 Å². The van der Waals surface area contributed by atoms with E-state index in [4.69, 9.17) is 17.3 Å². The Labute approximate surface area is 116 Å². The molecule has 2 aromatic rings. The first kappa shape index (κ1) is 13.4. The molecule has 1 heterocycles. The second-order valence-corrected chi connectivity index (χ2v) is 4.53. The minimum Gasteiger partial charge on any atom is -0.384 e. The monoisotopic (exact) mass is 275 g/mol. The van der Waals surface area contributed by atoms with E-state index < -0.39 is 0 Å². The molecule has 0 atom stereocenters. The molecule has 1 aromatic carbocycles. The highest BCUT2D eigenvalue weighted by molar-refractivity contribution is 6.30. The Morgan fingerprint density at radius 2 is 2.16 bits per heavy atom. The van der Waals surface area contributed by atoms with Gasteiger partial charge in [0.2, 0.25) is 0 Å². The molecular weight excluding hydrogens is 262 g/mol. The fourth-order valence-corrected chi connectivity index (χ4v) is 1.88. The molecular formula is C14H14ClN3O. The van der Waals surface area contributed by atoms with Gasteiger partial charge in [-0.2, -0.15) is 0 Å². The lowest BCUT2D eigenvalue weighted by molar-refractivity contribution is 0.102. The topological polar surface area (TPSA) is 68.0 Å². The first-order valence-electron chi connectivity index (χ1n) is 5.92. The van der Waals surface area contributed by atoms with Gasteiger partial charge in [0, 0.05) is 22.0 Å². The summed E-state index contributed by atoms with van der Waals surface area (Å²) in [6, 6.07) is 10.3. The third-order valence-electron chi connectivity index (χ3n) is 2.61. The second kappa shape index (κ2) is 5.71. The van der Waals surface area contributed by atoms with Crippen molar-refractivity contribution in [2.24, 2.45) is 0 Å². The van der Waals surface area contributed by atoms with Crippen LogP contribution in [0.4, 0.5) is 11.5 Å². The number of nitrogens with zero attached hydrogens (tertiary/aromatic N) is 1. The molecule has 0 unspecified atom stereocenters. The quantitative estimate of drug-likeness (QED) is 0.904. The van der Waals surface area contributed by atoms with E-state index in [-0.39, 0.29) is 5.91 Å². The van der Waals surface area contributed by atoms with Gasteiger partial charge in [0.1, 0.15) is 5.82 Å². The standard InChI is InChI=1S/C14H14ClN3O/c1-2-11-6-9(7-13(16)17-11)14(19)18-12-5-3-4-10(15)8-12/h3-8H,2H2,1H3,(H2,16,17)(H,18,19). The lowest BCUT2D eigenvalue weighted by Crippen LogP contribution is -2.13. The number of halogens is 1. The number of pyridine rings is 1. The summed E-state index contributed by atoms with van der Waals surface area (Å²) in [4.78, 5) is 16.2. The molecule has 0 bridgehead atoms. The van der Waals surface area contributed by atoms with Gasteiger partial charge in [-0.25, -0.2) is 4.98 Å². The summed E-state index contributed by atoms with van der Waals surface area (Å²) in [5, 5.41) is 3.34. The molecule has 19 heavy (non-hydrogen) atoms. The zero-order valence-corrected chi connectivity index (χ0v) is 11.2. The minimum atomic E-state index is -0.230. The number of hydrogen-bond donors (Lipinski definition) is 2. The first-order valence-corrected chi connectivity index (χ1v) is 6.29. The number of nitrogens with one attached hydrogen (secondary N) is 1. The van der Waals surface area contributed by atoms with E-state index in [1.54, 1.807) is 36.4 Å². The van der Waals surface area contributed by atoms with Crippen molar-refractivity contribution in [1.82, 2.24) is 4.98 Å². The summed E-state index contributed by atoms with van der Waals surface area (Å²) in [7, 11) is 0. The van der Waals surface area contributed by atoms with E-state index in [2.05, 4.69) is 10.3 Å². The molecule has 0 aliphatic carbocycles. The molecule has 1 aromatic heterocycles. The van der Waals surface area contributed by atoms with Crippen LogP contribution >= 0.6 is 11.6 Å². The average molecular weight is 276 g/mol. The number of hydrogen-bond acceptors (Lipinski definition) is 3. The van der Waals surface area contributed by atoms with E-state index in [0.29, 0.717) is 22.1 Å². The van der Waals surface area contributed by atoms with Crippen LogP contribution in [0.5, 0.6) is 0 Å². The number of rotatable bonds is 3. The van der Waals surface area contributed by atoms with E-state index in [1.165, 1.54) is 0 Å². The Balaban J connectivity index is 2.22. The van der Waals surface area contributed by atoms with Crippen molar-refractivity contribution in [2.45, 2.75) is 13.3 Å². The second-order valence-electron chi connectivity index (χ2n) is 4.09. The number of anilines is 2. The fraction of sp³-hybridized carbons (Fsp3) is 0.143. The molecule has 98 valence electrons. The molecule has 3 N–H and O–H groups in total. The van der Waals surface area contributed by atoms with Crippen molar-refractivity contribution in [3.63, 3.8) is 0 Å². The van der Waals surface area contributed by atoms with E-state index >= 15 is 0 Å². The number of amides is 1. The number of carbonyl (C=O) groups excluding carboxylic acids is 1. The lowest BCUT2D eigenvalue weighted by Gasteiger charge is -2.07. The number of aromatic nitrogens is 1. The van der Waals surface area contributed by atoms with Gasteiger partial charge in [-0.3, -0.25) is 4.79 Å². The van der Waals surface area contributed by atoms with Crippen LogP contribution in [0.3, 0.4) is 0 Å². The Morgan fingerprint density at radius 3 is 2.84 bits per heavy atom. The van der Waals surface area contributed by atoms with Crippen LogP contribution < -0.4 is 11.1 Å². The zero-order chi connectivity index (χ0) is 13.8. The molecule has 0 fully saturated rings. The highest BCUT2D eigenvalue weighted by Gasteiger charge is 2.09. The maximum atomic E-state index is 12.1. The number of aryl methyl sites for hydroxylation is 1. The molecule has 1 amide bonds. The van der Waals surface area contributed by atoms with Crippen LogP contribution in [0.1, 0.15) is 23.0 Å². The van der Waals surface area contributed by atoms with Gasteiger partial charge < -0.3 is 11.1 Å². The van der Waals surface area contributed by atoms with Gasteiger partial charge >= 0.3 is 0 Å². The van der Waals surface area contributed by atoms with Crippen LogP contribution in [0.25, 0.3) is 0 Å². The summed E-state index contributed by atoms with van der Waals surface area (Å²) in [5.41, 5.74) is 7.60. The molecule has 0 radical (unpaired) electrons. The summed E-state index contributed by atoms with van der Waals surface area (Å²) in [6.45, 7) is 1.96. The first-order chi connectivity index (χ1) is 9.08. The summed E-state index contributed by atoms with van der Waals surface area (Å²) >= 11 is 5.87. The highest BCUT2D eigenvalue weighted by atomic mass is 35.5. The van der Waals surface area contributed by atoms with Crippen LogP contribution in [0.2, 0.25) is 5.02 Å². The maximum absolute atomic E-state index is 12.1. The molecule has 0 aliphatic rings. The van der Waals surface area contributed by atoms with Gasteiger partial charge in [-0.05, 0) is 36.8 Å². The van der Waals surface area contributed by atoms with Crippen LogP contribution in [-0.4, -0.2) is 10.9 Å². The Morgan fingerprint density at radius 1 is 1.37 bits per heavy atom. The van der Waals surface area contributed by atoms with Crippen molar-refractivity contribution in [3.05, 3.63) is 52.7 Å². The van der Waals surface area contributed by atoms with E-state index in [9.17, 15) is 4.79 Å². The lowest BCUT2D eigenvalue weighted by atomic mass is 10.1. The fourth-order valence-electron chi connectivity index (χ4n) is 1.69. The van der Waals surface area contributed by atoms with Gasteiger partial charge in [-0.1, -0.05) is 24.6 Å². The number of carbonyl (C=O) groups is 1. The zero-order valence-electron chi connectivity index (χ0n) is 10.5. The van der Waals surface area contributed by atoms with Gasteiger partial charge in [0.05, 0.1) is 0 Å². The van der Waals surface area contributed by atoms with Crippen molar-refractivity contribution in [1.29, 1.82) is 0 Å². The molecule has 0 saturated heterocycles. The summed E-state index contributed by atoms with van der Waals surface area (Å²) in [5.74, 6) is 0.113. The SMILES string of the molecule is CCc1cc(C(=O)Nc2cccc(Cl)c2)cc(N)n1. The summed E-state index contributed by atoms with van der Waals surface area (Å²) < 4.78 is 0. The minimum absolute atomic E-state index is 0.230. The van der Waals surface area contributed by atoms with Crippen LogP contribution in [-0.2, 0) is 6.42 Å². The number of nitrogens with two attached hydrogens (primary N) is 1. The van der Waals surface area contributed by atoms with Crippen LogP contribution in [0, 0.1) is 0 Å². The van der Waals surface area contributed by atoms with E-state index in [0.717, 1.165) is 12.1 Å². The molecule has 0 spiro atoms. The third kappa shape index (κ3) is 3.45. The van der Waals surface area contributed by atoms with Crippen molar-refractivity contribution in [2.75, 3.05) is 11.1 Å². The van der Waals surface area contributed by atoms with Crippen molar-refractivity contribution < 1.29 is 4.79 Å². The third-order valence-corrected chi connectivity index (χ3v) is 2.84. The molecule has 0 saturated carbocycles. The Hall–Kier alpha value is -2.07. The predicted molar refractivity (Wildman–Crippen MR) is 77.4 cm³/mol. The largest absolute Gasteiger partial charge is 0.384 e. The molecule has 2 rings (SSSR count). The smallest absolute Gasteiger partial charge is 0.255 e. The van der Waals surface area contributed by atoms with Gasteiger partial charge in [0.15, 0.2) is 0 Å². The molecule has 0 aliphatic heterocycles. The maximum Gasteiger partial charge on any atom is 0.255 e. The van der Waals surface area contributed by atoms with Gasteiger partial charge in [-0.15, -0.1) is 0 Å². The van der Waals surface area contributed by atoms with E-state index in [1.807, 2.05) is 6.92 Å². The average Bonchev–Trinajstić information content (AvgIpc) is 2.38. The highest BCUT2D eigenvalue weighted by Crippen LogP contribution is 2.16. The van der Waals surface area contributed by atoms with Gasteiger partial charge in [0.25, 0.3) is 5.91 Å². The molecule has 5 heteroatoms. The number of nitrogen functional groups attached to an aromatic ring is 1. The summed E-state index contributed by atoms with van der Waals surface area (Å²) in [6.07, 6.45) is 0.725.